The van der Waals surface area contributed by atoms with Crippen LogP contribution in [0.1, 0.15) is 120 Å². The molecule has 2 heteroatoms. The van der Waals surface area contributed by atoms with Crippen molar-refractivity contribution in [2.75, 3.05) is 0 Å². The van der Waals surface area contributed by atoms with Gasteiger partial charge in [0, 0.05) is 0 Å². The maximum Gasteiger partial charge on any atom is 0.312 e. The van der Waals surface area contributed by atoms with Crippen LogP contribution < -0.4 is 0 Å². The summed E-state index contributed by atoms with van der Waals surface area (Å²) >= 11 is 0. The fourth-order valence-electron chi connectivity index (χ4n) is 7.41. The van der Waals surface area contributed by atoms with E-state index >= 15 is 0 Å². The highest BCUT2D eigenvalue weighted by Gasteiger charge is 2.60. The van der Waals surface area contributed by atoms with Crippen LogP contribution in [0.15, 0.2) is 0 Å². The molecule has 0 radical (unpaired) electrons. The molecule has 0 aliphatic heterocycles. The Labute approximate surface area is 180 Å². The fourth-order valence-corrected chi connectivity index (χ4v) is 7.41. The maximum absolute atomic E-state index is 14.1. The third-order valence-corrected chi connectivity index (χ3v) is 10.7. The fraction of sp³-hybridized carbons (Fsp3) is 0.963. The summed E-state index contributed by atoms with van der Waals surface area (Å²) in [4.78, 5) is 14.1. The molecule has 29 heavy (non-hydrogen) atoms. The Morgan fingerprint density at radius 3 is 1.69 bits per heavy atom. The first-order valence-electron chi connectivity index (χ1n) is 12.7. The van der Waals surface area contributed by atoms with Gasteiger partial charge in [-0.1, -0.05) is 61.3 Å². The summed E-state index contributed by atoms with van der Waals surface area (Å²) in [7, 11) is 0. The zero-order valence-corrected chi connectivity index (χ0v) is 20.7. The molecule has 1 atom stereocenters. The van der Waals surface area contributed by atoms with Crippen LogP contribution in [0, 0.1) is 39.9 Å². The first kappa shape index (κ1) is 23.1. The molecule has 4 rings (SSSR count). The number of hydrogen-bond acceptors (Lipinski definition) is 2. The Morgan fingerprint density at radius 1 is 0.828 bits per heavy atom. The van der Waals surface area contributed by atoms with Gasteiger partial charge in [-0.3, -0.25) is 4.79 Å². The molecule has 168 valence electrons. The van der Waals surface area contributed by atoms with Crippen molar-refractivity contribution in [1.82, 2.24) is 0 Å². The smallest absolute Gasteiger partial charge is 0.312 e. The van der Waals surface area contributed by atoms with Crippen LogP contribution in [0.2, 0.25) is 0 Å². The summed E-state index contributed by atoms with van der Waals surface area (Å²) in [5, 5.41) is 0. The van der Waals surface area contributed by atoms with Crippen LogP contribution in [0.5, 0.6) is 0 Å². The highest BCUT2D eigenvalue weighted by molar-refractivity contribution is 5.78. The Hall–Kier alpha value is -0.530. The zero-order valence-electron chi connectivity index (χ0n) is 20.7. The quantitative estimate of drug-likeness (QED) is 0.366. The molecule has 0 N–H and O–H groups in total. The molecule has 4 fully saturated rings. The average Bonchev–Trinajstić information content (AvgIpc) is 2.69. The molecule has 0 aromatic carbocycles. The van der Waals surface area contributed by atoms with Gasteiger partial charge in [-0.2, -0.15) is 0 Å². The minimum atomic E-state index is -0.445. The van der Waals surface area contributed by atoms with E-state index in [-0.39, 0.29) is 22.4 Å². The van der Waals surface area contributed by atoms with Crippen LogP contribution in [0.25, 0.3) is 0 Å². The molecule has 2 nitrogen and oxygen atoms in total. The Morgan fingerprint density at radius 2 is 1.31 bits per heavy atom. The lowest BCUT2D eigenvalue weighted by atomic mass is 9.49. The monoisotopic (exact) mass is 404 g/mol. The third kappa shape index (κ3) is 3.69. The van der Waals surface area contributed by atoms with Gasteiger partial charge in [0.2, 0.25) is 0 Å². The molecule has 0 amide bonds. The highest BCUT2D eigenvalue weighted by Crippen LogP contribution is 2.62. The maximum atomic E-state index is 14.1. The first-order chi connectivity index (χ1) is 13.5. The van der Waals surface area contributed by atoms with E-state index in [4.69, 9.17) is 4.74 Å². The van der Waals surface area contributed by atoms with E-state index in [2.05, 4.69) is 55.4 Å². The molecule has 4 bridgehead atoms. The lowest BCUT2D eigenvalue weighted by molar-refractivity contribution is -0.226. The van der Waals surface area contributed by atoms with Gasteiger partial charge in [-0.05, 0) is 92.8 Å². The van der Waals surface area contributed by atoms with E-state index in [9.17, 15) is 4.79 Å². The summed E-state index contributed by atoms with van der Waals surface area (Å²) in [6.45, 7) is 18.2. The minimum absolute atomic E-state index is 0.0729. The Bertz CT molecular complexity index is 572. The molecule has 0 spiro atoms. The van der Waals surface area contributed by atoms with E-state index in [1.807, 2.05) is 0 Å². The van der Waals surface area contributed by atoms with Crippen molar-refractivity contribution in [1.29, 1.82) is 0 Å². The van der Waals surface area contributed by atoms with Crippen LogP contribution in [0.4, 0.5) is 0 Å². The lowest BCUT2D eigenvalue weighted by Crippen LogP contribution is -2.61. The second-order valence-electron chi connectivity index (χ2n) is 12.3. The highest BCUT2D eigenvalue weighted by atomic mass is 16.6. The van der Waals surface area contributed by atoms with Crippen molar-refractivity contribution in [3.63, 3.8) is 0 Å². The van der Waals surface area contributed by atoms with Crippen molar-refractivity contribution < 1.29 is 9.53 Å². The Balaban J connectivity index is 1.92. The molecule has 0 aromatic heterocycles. The standard InChI is InChI=1S/C27H48O2/c1-9-24(5,6)26(8,18-25(7,10-2)11-3)23(28)29-27(12-4)21-14-19-13-20(16-21)17-22(27)15-19/h19-22H,9-18H2,1-8H3. The van der Waals surface area contributed by atoms with Crippen molar-refractivity contribution >= 4 is 5.97 Å². The summed E-state index contributed by atoms with van der Waals surface area (Å²) in [6.07, 6.45) is 11.8. The average molecular weight is 405 g/mol. The number of carbonyl (C=O) groups excluding carboxylic acids is 1. The number of rotatable bonds is 9. The number of hydrogen-bond donors (Lipinski definition) is 0. The van der Waals surface area contributed by atoms with E-state index in [1.165, 1.54) is 32.1 Å². The lowest BCUT2D eigenvalue weighted by Gasteiger charge is -2.61. The summed E-state index contributed by atoms with van der Waals surface area (Å²) < 4.78 is 6.81. The van der Waals surface area contributed by atoms with Crippen LogP contribution >= 0.6 is 0 Å². The van der Waals surface area contributed by atoms with E-state index in [1.54, 1.807) is 0 Å². The molecule has 1 unspecified atom stereocenters. The summed E-state index contributed by atoms with van der Waals surface area (Å²) in [5.41, 5.74) is -0.524. The molecule has 0 heterocycles. The molecule has 0 saturated heterocycles. The minimum Gasteiger partial charge on any atom is -0.458 e. The van der Waals surface area contributed by atoms with E-state index in [0.29, 0.717) is 11.8 Å². The van der Waals surface area contributed by atoms with E-state index < -0.39 is 5.41 Å². The van der Waals surface area contributed by atoms with Crippen LogP contribution in [-0.4, -0.2) is 11.6 Å². The van der Waals surface area contributed by atoms with Gasteiger partial charge in [0.1, 0.15) is 5.60 Å². The molecule has 4 saturated carbocycles. The Kier molecular flexibility index (Phi) is 6.28. The second-order valence-corrected chi connectivity index (χ2v) is 12.3. The topological polar surface area (TPSA) is 26.3 Å². The van der Waals surface area contributed by atoms with Crippen molar-refractivity contribution in [2.45, 2.75) is 125 Å². The SMILES string of the molecule is CCC(C)(CC)CC(C)(C(=O)OC1(CC)C2CC3CC(C2)CC1C3)C(C)(C)CC. The zero-order chi connectivity index (χ0) is 21.7. The first-order valence-corrected chi connectivity index (χ1v) is 12.7. The molecule has 4 aliphatic carbocycles. The van der Waals surface area contributed by atoms with Gasteiger partial charge in [0.25, 0.3) is 0 Å². The number of ether oxygens (including phenoxy) is 1. The van der Waals surface area contributed by atoms with Gasteiger partial charge in [-0.15, -0.1) is 0 Å². The van der Waals surface area contributed by atoms with Crippen molar-refractivity contribution in [3.05, 3.63) is 0 Å². The molecule has 0 aromatic rings. The largest absolute Gasteiger partial charge is 0.458 e. The van der Waals surface area contributed by atoms with E-state index in [0.717, 1.165) is 43.9 Å². The number of carbonyl (C=O) groups is 1. The van der Waals surface area contributed by atoms with Crippen molar-refractivity contribution in [3.8, 4) is 0 Å². The van der Waals surface area contributed by atoms with Crippen molar-refractivity contribution in [2.24, 2.45) is 39.9 Å². The van der Waals surface area contributed by atoms with Crippen LogP contribution in [-0.2, 0) is 9.53 Å². The van der Waals surface area contributed by atoms with Gasteiger partial charge in [-0.25, -0.2) is 0 Å². The summed E-state index contributed by atoms with van der Waals surface area (Å²) in [6, 6.07) is 0. The predicted octanol–water partition coefficient (Wildman–Crippen LogP) is 7.79. The molecule has 4 aliphatic rings. The van der Waals surface area contributed by atoms with Crippen LogP contribution in [0.3, 0.4) is 0 Å². The summed E-state index contributed by atoms with van der Waals surface area (Å²) in [5.74, 6) is 3.11. The molecular formula is C27H48O2. The third-order valence-electron chi connectivity index (χ3n) is 10.7. The van der Waals surface area contributed by atoms with Gasteiger partial charge >= 0.3 is 5.97 Å². The second kappa shape index (κ2) is 7.86. The molecular weight excluding hydrogens is 356 g/mol. The van der Waals surface area contributed by atoms with Gasteiger partial charge < -0.3 is 4.74 Å². The van der Waals surface area contributed by atoms with Gasteiger partial charge in [0.15, 0.2) is 0 Å². The normalized spacial score (nSPS) is 36.1. The predicted molar refractivity (Wildman–Crippen MR) is 122 cm³/mol. The van der Waals surface area contributed by atoms with Gasteiger partial charge in [0.05, 0.1) is 5.41 Å². The number of esters is 1.